The topological polar surface area (TPSA) is 215 Å². The number of β-amino-alcohol motifs (C(OH)–C–C–N with tert-alkyl or cyclic N) is 2. The highest BCUT2D eigenvalue weighted by Gasteiger charge is 2.30. The van der Waals surface area contributed by atoms with Crippen molar-refractivity contribution in [3.05, 3.63) is 42.5 Å². The molecule has 0 saturated carbocycles. The van der Waals surface area contributed by atoms with Gasteiger partial charge in [0.2, 0.25) is 5.91 Å². The summed E-state index contributed by atoms with van der Waals surface area (Å²) >= 11 is 0. The number of aromatic hydroxyl groups is 1. The molecule has 1 aliphatic rings. The first-order chi connectivity index (χ1) is 20.2. The number of carbonyl (C=O) groups is 1. The molecule has 1 fully saturated rings. The summed E-state index contributed by atoms with van der Waals surface area (Å²) in [4.78, 5) is 13.1. The van der Waals surface area contributed by atoms with Crippen LogP contribution in [0.25, 0.3) is 10.8 Å². The fraction of sp³-hybridized carbons (Fsp3) is 0.370. The van der Waals surface area contributed by atoms with E-state index in [-0.39, 0.29) is 41.7 Å². The van der Waals surface area contributed by atoms with Gasteiger partial charge < -0.3 is 25.5 Å². The van der Waals surface area contributed by atoms with Crippen molar-refractivity contribution in [1.82, 2.24) is 0 Å². The Morgan fingerprint density at radius 2 is 1.67 bits per heavy atom. The smallest absolute Gasteiger partial charge is 0.296 e. The molecule has 5 N–H and O–H groups in total. The zero-order valence-corrected chi connectivity index (χ0v) is 25.0. The van der Waals surface area contributed by atoms with Gasteiger partial charge in [-0.3, -0.25) is 13.5 Å². The van der Waals surface area contributed by atoms with E-state index in [9.17, 15) is 41.5 Å². The number of carbonyl (C=O) groups excluding carboxylic acids is 1. The quantitative estimate of drug-likeness (QED) is 0.0887. The Morgan fingerprint density at radius 1 is 1.02 bits per heavy atom. The van der Waals surface area contributed by atoms with Crippen LogP contribution in [-0.4, -0.2) is 75.0 Å². The molecule has 1 aliphatic heterocycles. The molecule has 1 amide bonds. The number of aliphatic hydroxyl groups excluding tert-OH is 2. The molecule has 1 saturated heterocycles. The van der Waals surface area contributed by atoms with Crippen molar-refractivity contribution in [3.63, 3.8) is 0 Å². The number of nitrogens with one attached hydrogen (secondary N) is 1. The van der Waals surface area contributed by atoms with E-state index in [0.29, 0.717) is 12.1 Å². The third-order valence-electron chi connectivity index (χ3n) is 6.93. The molecule has 3 aromatic rings. The van der Waals surface area contributed by atoms with E-state index in [4.69, 9.17) is 0 Å². The lowest BCUT2D eigenvalue weighted by molar-refractivity contribution is -0.116. The van der Waals surface area contributed by atoms with Gasteiger partial charge in [-0.2, -0.15) is 21.9 Å². The average Bonchev–Trinajstić information content (AvgIpc) is 3.29. The second kappa shape index (κ2) is 12.9. The highest BCUT2D eigenvalue weighted by Crippen LogP contribution is 2.45. The minimum Gasteiger partial charge on any atom is -0.505 e. The lowest BCUT2D eigenvalue weighted by atomic mass is 10.1. The van der Waals surface area contributed by atoms with Crippen LogP contribution in [0.5, 0.6) is 5.75 Å². The lowest BCUT2D eigenvalue weighted by Crippen LogP contribution is -2.22. The maximum atomic E-state index is 12.7. The third kappa shape index (κ3) is 7.29. The molecule has 4 rings (SSSR count). The summed E-state index contributed by atoms with van der Waals surface area (Å²) in [6, 6.07) is 9.36. The first kappa shape index (κ1) is 32.2. The Kier molecular flexibility index (Phi) is 9.68. The lowest BCUT2D eigenvalue weighted by Gasteiger charge is -2.17. The van der Waals surface area contributed by atoms with Crippen LogP contribution >= 0.6 is 0 Å². The number of fused-ring (bicyclic) bond motifs is 1. The predicted molar refractivity (Wildman–Crippen MR) is 157 cm³/mol. The van der Waals surface area contributed by atoms with Gasteiger partial charge in [0.1, 0.15) is 10.6 Å². The average molecular weight is 637 g/mol. The van der Waals surface area contributed by atoms with Crippen LogP contribution in [-0.2, 0) is 29.2 Å². The number of phenols is 1. The van der Waals surface area contributed by atoms with Crippen LogP contribution in [0.1, 0.15) is 32.6 Å². The molecule has 2 unspecified atom stereocenters. The van der Waals surface area contributed by atoms with Crippen molar-refractivity contribution in [1.29, 1.82) is 0 Å². The van der Waals surface area contributed by atoms with Crippen LogP contribution in [0.4, 0.5) is 22.7 Å². The SMILES string of the molecule is CCCCCC(=O)Nc1cc(S(=O)(=O)OC)cc2cc(S(=O)(=O)O)c(N=Nc3ccc(N4CC(O)C(O)C4)cc3)c(O)c12. The number of benzene rings is 3. The fourth-order valence-electron chi connectivity index (χ4n) is 4.66. The standard InChI is InChI=1S/C27H32N4O10S2/c1-3-4-5-6-24(34)28-20-13-19(43(39,40)41-2)11-16-12-23(42(36,37)38)26(27(35)25(16)20)30-29-17-7-9-18(10-8-17)31-14-21(32)22(33)15-31/h7-13,21-22,32-33,35H,3-6,14-15H2,1-2H3,(H,28,34)(H,36,37,38). The van der Waals surface area contributed by atoms with E-state index in [1.807, 2.05) is 6.92 Å². The zero-order valence-electron chi connectivity index (χ0n) is 23.3. The van der Waals surface area contributed by atoms with Gasteiger partial charge in [0.15, 0.2) is 5.75 Å². The monoisotopic (exact) mass is 636 g/mol. The van der Waals surface area contributed by atoms with Crippen LogP contribution < -0.4 is 10.2 Å². The highest BCUT2D eigenvalue weighted by atomic mass is 32.2. The van der Waals surface area contributed by atoms with E-state index in [1.165, 1.54) is 12.1 Å². The number of unbranched alkanes of at least 4 members (excludes halogenated alkanes) is 2. The minimum absolute atomic E-state index is 0.109. The molecule has 16 heteroatoms. The minimum atomic E-state index is -5.02. The van der Waals surface area contributed by atoms with E-state index in [1.54, 1.807) is 17.0 Å². The molecule has 14 nitrogen and oxygen atoms in total. The number of hydrogen-bond donors (Lipinski definition) is 5. The van der Waals surface area contributed by atoms with Gasteiger partial charge in [0.05, 0.1) is 35.6 Å². The number of phenolic OH excluding ortho intramolecular Hbond substituents is 1. The Balaban J connectivity index is 1.81. The summed E-state index contributed by atoms with van der Waals surface area (Å²) < 4.78 is 64.2. The predicted octanol–water partition coefficient (Wildman–Crippen LogP) is 3.60. The van der Waals surface area contributed by atoms with Crippen LogP contribution in [0, 0.1) is 0 Å². The van der Waals surface area contributed by atoms with E-state index >= 15 is 0 Å². The summed E-state index contributed by atoms with van der Waals surface area (Å²) in [5.74, 6) is -1.25. The van der Waals surface area contributed by atoms with Crippen LogP contribution in [0.15, 0.2) is 62.5 Å². The number of azo groups is 1. The van der Waals surface area contributed by atoms with E-state index in [0.717, 1.165) is 38.2 Å². The second-order valence-corrected chi connectivity index (χ2v) is 13.1. The van der Waals surface area contributed by atoms with Crippen LogP contribution in [0.2, 0.25) is 0 Å². The molecular weight excluding hydrogens is 604 g/mol. The second-order valence-electron chi connectivity index (χ2n) is 10.00. The summed E-state index contributed by atoms with van der Waals surface area (Å²) in [5.41, 5.74) is 0.122. The molecule has 0 aliphatic carbocycles. The first-order valence-corrected chi connectivity index (χ1v) is 16.1. The van der Waals surface area contributed by atoms with Gasteiger partial charge in [-0.15, -0.1) is 5.11 Å². The van der Waals surface area contributed by atoms with Crippen LogP contribution in [0.3, 0.4) is 0 Å². The third-order valence-corrected chi connectivity index (χ3v) is 9.05. The molecule has 232 valence electrons. The Labute approximate surface area is 248 Å². The summed E-state index contributed by atoms with van der Waals surface area (Å²) in [5, 5.41) is 41.0. The largest absolute Gasteiger partial charge is 0.505 e. The van der Waals surface area contributed by atoms with Crippen molar-refractivity contribution in [2.75, 3.05) is 30.4 Å². The van der Waals surface area contributed by atoms with Gasteiger partial charge in [0.25, 0.3) is 20.2 Å². The Bertz CT molecular complexity index is 1750. The molecular formula is C27H32N4O10S2. The fourth-order valence-corrected chi connectivity index (χ4v) is 6.04. The number of anilines is 2. The normalized spacial score (nSPS) is 17.7. The van der Waals surface area contributed by atoms with Crippen molar-refractivity contribution in [3.8, 4) is 5.75 Å². The van der Waals surface area contributed by atoms with E-state index in [2.05, 4.69) is 19.7 Å². The number of nitrogens with zero attached hydrogens (tertiary/aromatic N) is 3. The summed E-state index contributed by atoms with van der Waals surface area (Å²) in [6.07, 6.45) is 0.544. The summed E-state index contributed by atoms with van der Waals surface area (Å²) in [7, 11) is -8.41. The maximum absolute atomic E-state index is 12.7. The van der Waals surface area contributed by atoms with Gasteiger partial charge in [-0.05, 0) is 54.3 Å². The van der Waals surface area contributed by atoms with Crippen molar-refractivity contribution in [2.24, 2.45) is 10.2 Å². The molecule has 0 aromatic heterocycles. The van der Waals surface area contributed by atoms with Crippen molar-refractivity contribution < 1.29 is 45.7 Å². The van der Waals surface area contributed by atoms with Gasteiger partial charge in [-0.1, -0.05) is 19.8 Å². The molecule has 3 aromatic carbocycles. The highest BCUT2D eigenvalue weighted by molar-refractivity contribution is 7.86. The van der Waals surface area contributed by atoms with Gasteiger partial charge in [-0.25, -0.2) is 0 Å². The molecule has 0 radical (unpaired) electrons. The molecule has 2 atom stereocenters. The van der Waals surface area contributed by atoms with Crippen molar-refractivity contribution in [2.45, 2.75) is 54.6 Å². The Morgan fingerprint density at radius 3 is 2.26 bits per heavy atom. The van der Waals surface area contributed by atoms with Gasteiger partial charge in [0, 0.05) is 30.6 Å². The van der Waals surface area contributed by atoms with Gasteiger partial charge >= 0.3 is 0 Å². The zero-order chi connectivity index (χ0) is 31.5. The number of aliphatic hydroxyl groups is 2. The number of rotatable bonds is 11. The summed E-state index contributed by atoms with van der Waals surface area (Å²) in [6.45, 7) is 2.43. The first-order valence-electron chi connectivity index (χ1n) is 13.3. The maximum Gasteiger partial charge on any atom is 0.296 e. The molecule has 0 spiro atoms. The molecule has 43 heavy (non-hydrogen) atoms. The molecule has 1 heterocycles. The number of amides is 1. The van der Waals surface area contributed by atoms with E-state index < -0.39 is 59.6 Å². The molecule has 0 bridgehead atoms. The number of hydrogen-bond acceptors (Lipinski definition) is 12. The van der Waals surface area contributed by atoms with Crippen molar-refractivity contribution >= 4 is 59.7 Å². The Hall–Kier alpha value is -3.67.